The molecule has 3 aromatic rings. The number of nitrogens with one attached hydrogen (secondary N) is 1. The van der Waals surface area contributed by atoms with Crippen LogP contribution in [-0.4, -0.2) is 61.4 Å². The Morgan fingerprint density at radius 1 is 1.07 bits per heavy atom. The number of nitrogens with zero attached hydrogens (tertiary/aromatic N) is 5. The normalized spacial score (nSPS) is 22.9. The fourth-order valence-electron chi connectivity index (χ4n) is 4.67. The molecule has 9 nitrogen and oxygen atoms in total. The van der Waals surface area contributed by atoms with Gasteiger partial charge in [0, 0.05) is 49.9 Å². The molecule has 5 rings (SSSR count). The predicted octanol–water partition coefficient (Wildman–Crippen LogP) is 1.37. The van der Waals surface area contributed by atoms with Gasteiger partial charge in [-0.2, -0.15) is 5.10 Å². The lowest BCUT2D eigenvalue weighted by molar-refractivity contribution is 0.0670. The summed E-state index contributed by atoms with van der Waals surface area (Å²) in [5.74, 6) is 0.357. The zero-order valence-corrected chi connectivity index (χ0v) is 16.2. The second-order valence-electron chi connectivity index (χ2n) is 7.74. The van der Waals surface area contributed by atoms with E-state index in [1.165, 1.54) is 12.4 Å². The van der Waals surface area contributed by atoms with E-state index >= 15 is 0 Å². The quantitative estimate of drug-likeness (QED) is 0.681. The van der Waals surface area contributed by atoms with Crippen LogP contribution in [0.25, 0.3) is 0 Å². The Hall–Kier alpha value is -3.75. The lowest BCUT2D eigenvalue weighted by Gasteiger charge is -2.29. The van der Waals surface area contributed by atoms with Gasteiger partial charge in [0.15, 0.2) is 0 Å². The van der Waals surface area contributed by atoms with E-state index in [1.54, 1.807) is 12.3 Å². The molecule has 4 heterocycles. The first-order valence-corrected chi connectivity index (χ1v) is 9.84. The summed E-state index contributed by atoms with van der Waals surface area (Å²) in [6, 6.07) is 11.4. The van der Waals surface area contributed by atoms with Crippen molar-refractivity contribution in [1.82, 2.24) is 30.0 Å². The van der Waals surface area contributed by atoms with E-state index < -0.39 is 0 Å². The molecular weight excluding hydrogens is 382 g/mol. The molecule has 0 radical (unpaired) electrons. The first kappa shape index (κ1) is 18.3. The number of anilines is 1. The van der Waals surface area contributed by atoms with Crippen LogP contribution in [0.3, 0.4) is 0 Å². The summed E-state index contributed by atoms with van der Waals surface area (Å²) >= 11 is 0. The highest BCUT2D eigenvalue weighted by Gasteiger charge is 2.50. The van der Waals surface area contributed by atoms with Gasteiger partial charge in [0.25, 0.3) is 11.8 Å². The lowest BCUT2D eigenvalue weighted by atomic mass is 9.89. The third-order valence-corrected chi connectivity index (χ3v) is 5.96. The van der Waals surface area contributed by atoms with Crippen molar-refractivity contribution in [3.05, 3.63) is 71.9 Å². The maximum atomic E-state index is 13.2. The number of benzene rings is 1. The molecule has 0 bridgehead atoms. The van der Waals surface area contributed by atoms with Gasteiger partial charge in [-0.05, 0) is 5.56 Å². The van der Waals surface area contributed by atoms with Crippen LogP contribution in [0.4, 0.5) is 5.82 Å². The number of nitrogens with two attached hydrogens (primary N) is 1. The molecular formula is C21H21N7O2. The van der Waals surface area contributed by atoms with Crippen LogP contribution >= 0.6 is 0 Å². The molecule has 2 saturated heterocycles. The van der Waals surface area contributed by atoms with Crippen LogP contribution in [0.15, 0.2) is 55.0 Å². The summed E-state index contributed by atoms with van der Waals surface area (Å²) in [4.78, 5) is 38.0. The molecule has 0 unspecified atom stereocenters. The van der Waals surface area contributed by atoms with Crippen molar-refractivity contribution < 1.29 is 9.59 Å². The Morgan fingerprint density at radius 3 is 2.60 bits per heavy atom. The van der Waals surface area contributed by atoms with Crippen molar-refractivity contribution in [2.45, 2.75) is 6.04 Å². The van der Waals surface area contributed by atoms with Crippen molar-refractivity contribution >= 4 is 17.6 Å². The average molecular weight is 403 g/mol. The molecule has 2 fully saturated rings. The summed E-state index contributed by atoms with van der Waals surface area (Å²) in [5.41, 5.74) is 7.42. The average Bonchev–Trinajstić information content (AvgIpc) is 3.48. The topological polar surface area (TPSA) is 121 Å². The van der Waals surface area contributed by atoms with Gasteiger partial charge in [0.2, 0.25) is 0 Å². The van der Waals surface area contributed by atoms with Gasteiger partial charge < -0.3 is 15.5 Å². The second-order valence-corrected chi connectivity index (χ2v) is 7.74. The lowest BCUT2D eigenvalue weighted by Crippen LogP contribution is -2.37. The molecule has 2 aromatic heterocycles. The maximum absolute atomic E-state index is 13.2. The molecule has 2 aliphatic heterocycles. The molecule has 0 aliphatic carbocycles. The monoisotopic (exact) mass is 403 g/mol. The molecule has 3 atom stereocenters. The first-order chi connectivity index (χ1) is 14.6. The fourth-order valence-corrected chi connectivity index (χ4v) is 4.67. The van der Waals surface area contributed by atoms with Crippen molar-refractivity contribution in [2.24, 2.45) is 11.8 Å². The summed E-state index contributed by atoms with van der Waals surface area (Å²) in [5, 5.41) is 6.55. The van der Waals surface area contributed by atoms with E-state index in [9.17, 15) is 9.59 Å². The SMILES string of the molecule is Nc1cc(C(=O)N2C[C@H]3CN(C(=O)c4cnccn4)[C@@H](c4ccccc4)[C@H]3C2)[nH]n1. The van der Waals surface area contributed by atoms with E-state index in [0.29, 0.717) is 36.8 Å². The van der Waals surface area contributed by atoms with Crippen LogP contribution < -0.4 is 5.73 Å². The summed E-state index contributed by atoms with van der Waals surface area (Å²) in [6.45, 7) is 1.71. The summed E-state index contributed by atoms with van der Waals surface area (Å²) in [6.07, 6.45) is 4.57. The highest BCUT2D eigenvalue weighted by atomic mass is 16.2. The van der Waals surface area contributed by atoms with Crippen molar-refractivity contribution in [2.75, 3.05) is 25.4 Å². The van der Waals surface area contributed by atoms with E-state index in [0.717, 1.165) is 5.56 Å². The Labute approximate surface area is 172 Å². The van der Waals surface area contributed by atoms with Crippen LogP contribution in [0, 0.1) is 11.8 Å². The van der Waals surface area contributed by atoms with Gasteiger partial charge in [0.05, 0.1) is 12.2 Å². The molecule has 0 spiro atoms. The van der Waals surface area contributed by atoms with Crippen LogP contribution in [0.1, 0.15) is 32.6 Å². The predicted molar refractivity (Wildman–Crippen MR) is 108 cm³/mol. The molecule has 30 heavy (non-hydrogen) atoms. The number of aromatic nitrogens is 4. The molecule has 9 heteroatoms. The summed E-state index contributed by atoms with van der Waals surface area (Å²) in [7, 11) is 0. The Balaban J connectivity index is 1.43. The van der Waals surface area contributed by atoms with Crippen molar-refractivity contribution in [1.29, 1.82) is 0 Å². The van der Waals surface area contributed by atoms with Crippen LogP contribution in [0.2, 0.25) is 0 Å². The molecule has 3 N–H and O–H groups in total. The Kier molecular flexibility index (Phi) is 4.42. The molecule has 1 aromatic carbocycles. The number of likely N-dealkylation sites (tertiary alicyclic amines) is 2. The molecule has 2 aliphatic rings. The van der Waals surface area contributed by atoms with Crippen molar-refractivity contribution in [3.63, 3.8) is 0 Å². The number of amides is 2. The highest BCUT2D eigenvalue weighted by molar-refractivity contribution is 5.94. The number of carbonyl (C=O) groups is 2. The number of hydrogen-bond acceptors (Lipinski definition) is 6. The minimum absolute atomic E-state index is 0.118. The van der Waals surface area contributed by atoms with Crippen LogP contribution in [0.5, 0.6) is 0 Å². The zero-order valence-electron chi connectivity index (χ0n) is 16.2. The minimum Gasteiger partial charge on any atom is -0.382 e. The number of fused-ring (bicyclic) bond motifs is 1. The number of hydrogen-bond donors (Lipinski definition) is 2. The van der Waals surface area contributed by atoms with E-state index in [-0.39, 0.29) is 29.7 Å². The van der Waals surface area contributed by atoms with E-state index in [1.807, 2.05) is 40.1 Å². The Morgan fingerprint density at radius 2 is 1.90 bits per heavy atom. The minimum atomic E-state index is -0.134. The highest BCUT2D eigenvalue weighted by Crippen LogP contribution is 2.45. The first-order valence-electron chi connectivity index (χ1n) is 9.84. The van der Waals surface area contributed by atoms with Gasteiger partial charge in [-0.3, -0.25) is 19.7 Å². The standard InChI is InChI=1S/C21H21N7O2/c22-18-8-16(25-26-18)20(29)27-10-14-11-28(21(30)17-9-23-6-7-24-17)19(15(14)12-27)13-4-2-1-3-5-13/h1-9,14-15,19H,10-12H2,(H3,22,25,26)/t14-,15-,19-/m0/s1. The van der Waals surface area contributed by atoms with Gasteiger partial charge in [-0.15, -0.1) is 0 Å². The fraction of sp³-hybridized carbons (Fsp3) is 0.286. The second kappa shape index (κ2) is 7.25. The van der Waals surface area contributed by atoms with E-state index in [4.69, 9.17) is 5.73 Å². The number of carbonyl (C=O) groups excluding carboxylic acids is 2. The zero-order chi connectivity index (χ0) is 20.7. The van der Waals surface area contributed by atoms with Crippen LogP contribution in [-0.2, 0) is 0 Å². The largest absolute Gasteiger partial charge is 0.382 e. The van der Waals surface area contributed by atoms with Gasteiger partial charge in [0.1, 0.15) is 17.2 Å². The molecule has 152 valence electrons. The molecule has 2 amide bonds. The molecule has 0 saturated carbocycles. The number of rotatable bonds is 3. The number of H-pyrrole nitrogens is 1. The number of nitrogen functional groups attached to an aromatic ring is 1. The van der Waals surface area contributed by atoms with Crippen molar-refractivity contribution in [3.8, 4) is 0 Å². The maximum Gasteiger partial charge on any atom is 0.274 e. The van der Waals surface area contributed by atoms with Gasteiger partial charge in [-0.1, -0.05) is 30.3 Å². The third kappa shape index (κ3) is 3.08. The smallest absolute Gasteiger partial charge is 0.274 e. The summed E-state index contributed by atoms with van der Waals surface area (Å²) < 4.78 is 0. The number of aromatic amines is 1. The Bertz CT molecular complexity index is 1070. The van der Waals surface area contributed by atoms with Gasteiger partial charge >= 0.3 is 0 Å². The van der Waals surface area contributed by atoms with E-state index in [2.05, 4.69) is 20.2 Å². The van der Waals surface area contributed by atoms with Gasteiger partial charge in [-0.25, -0.2) is 4.98 Å². The third-order valence-electron chi connectivity index (χ3n) is 5.96.